The molecule has 2 heterocycles. The van der Waals surface area contributed by atoms with Crippen molar-refractivity contribution in [3.63, 3.8) is 0 Å². The topological polar surface area (TPSA) is 33.7 Å². The highest BCUT2D eigenvalue weighted by molar-refractivity contribution is 5.49. The predicted octanol–water partition coefficient (Wildman–Crippen LogP) is 3.26. The molecule has 2 unspecified atom stereocenters. The van der Waals surface area contributed by atoms with Crippen molar-refractivity contribution < 1.29 is 9.47 Å². The summed E-state index contributed by atoms with van der Waals surface area (Å²) in [7, 11) is 3.44. The third-order valence-corrected chi connectivity index (χ3v) is 5.44. The molecule has 1 aromatic rings. The summed E-state index contributed by atoms with van der Waals surface area (Å²) >= 11 is 0. The van der Waals surface area contributed by atoms with Crippen LogP contribution in [0.4, 0.5) is 0 Å². The summed E-state index contributed by atoms with van der Waals surface area (Å²) in [5.74, 6) is 3.22. The van der Waals surface area contributed by atoms with Crippen molar-refractivity contribution in [2.24, 2.45) is 11.8 Å². The SMILES string of the molecule is COc1cc2c(cc1OC)C1CCC(CNCC(C)C)CN1CC2. The van der Waals surface area contributed by atoms with Gasteiger partial charge in [0, 0.05) is 19.1 Å². The van der Waals surface area contributed by atoms with Gasteiger partial charge in [-0.15, -0.1) is 0 Å². The summed E-state index contributed by atoms with van der Waals surface area (Å²) in [5, 5.41) is 3.64. The van der Waals surface area contributed by atoms with Gasteiger partial charge in [0.25, 0.3) is 0 Å². The van der Waals surface area contributed by atoms with Gasteiger partial charge in [0.1, 0.15) is 0 Å². The van der Waals surface area contributed by atoms with Gasteiger partial charge in [-0.25, -0.2) is 0 Å². The lowest BCUT2D eigenvalue weighted by Gasteiger charge is -2.44. The zero-order valence-electron chi connectivity index (χ0n) is 15.6. The Bertz CT molecular complexity index is 559. The quantitative estimate of drug-likeness (QED) is 0.867. The van der Waals surface area contributed by atoms with Gasteiger partial charge in [0.05, 0.1) is 14.2 Å². The molecule has 2 aliphatic rings. The summed E-state index contributed by atoms with van der Waals surface area (Å²) in [6.07, 6.45) is 3.66. The van der Waals surface area contributed by atoms with Crippen LogP contribution in [0.3, 0.4) is 0 Å². The van der Waals surface area contributed by atoms with E-state index < -0.39 is 0 Å². The van der Waals surface area contributed by atoms with E-state index in [1.165, 1.54) is 30.5 Å². The molecule has 134 valence electrons. The predicted molar refractivity (Wildman–Crippen MR) is 98.0 cm³/mol. The van der Waals surface area contributed by atoms with Crippen LogP contribution in [0.1, 0.15) is 43.9 Å². The number of ether oxygens (including phenoxy) is 2. The third-order valence-electron chi connectivity index (χ3n) is 5.44. The number of rotatable bonds is 6. The number of nitrogens with zero attached hydrogens (tertiary/aromatic N) is 1. The lowest BCUT2D eigenvalue weighted by Crippen LogP contribution is -2.45. The normalized spacial score (nSPS) is 23.7. The lowest BCUT2D eigenvalue weighted by atomic mass is 9.83. The van der Waals surface area contributed by atoms with Gasteiger partial charge in [-0.1, -0.05) is 13.8 Å². The highest BCUT2D eigenvalue weighted by atomic mass is 16.5. The molecule has 0 amide bonds. The number of methoxy groups -OCH3 is 2. The fraction of sp³-hybridized carbons (Fsp3) is 0.700. The Morgan fingerprint density at radius 1 is 1.17 bits per heavy atom. The van der Waals surface area contributed by atoms with Crippen LogP contribution in [-0.2, 0) is 6.42 Å². The highest BCUT2D eigenvalue weighted by Crippen LogP contribution is 2.42. The Balaban J connectivity index is 1.69. The lowest BCUT2D eigenvalue weighted by molar-refractivity contribution is 0.0974. The van der Waals surface area contributed by atoms with Crippen LogP contribution in [0.2, 0.25) is 0 Å². The Hall–Kier alpha value is -1.26. The summed E-state index contributed by atoms with van der Waals surface area (Å²) in [4.78, 5) is 2.68. The third kappa shape index (κ3) is 3.70. The summed E-state index contributed by atoms with van der Waals surface area (Å²) in [5.41, 5.74) is 2.89. The molecule has 0 spiro atoms. The van der Waals surface area contributed by atoms with E-state index in [1.54, 1.807) is 14.2 Å². The highest BCUT2D eigenvalue weighted by Gasteiger charge is 2.34. The van der Waals surface area contributed by atoms with E-state index in [0.29, 0.717) is 6.04 Å². The molecule has 2 atom stereocenters. The average Bonchev–Trinajstić information content (AvgIpc) is 2.59. The Morgan fingerprint density at radius 2 is 1.92 bits per heavy atom. The largest absolute Gasteiger partial charge is 0.493 e. The molecule has 4 heteroatoms. The fourth-order valence-corrected chi connectivity index (χ4v) is 4.20. The second kappa shape index (κ2) is 7.75. The zero-order chi connectivity index (χ0) is 17.1. The Labute approximate surface area is 146 Å². The molecule has 0 radical (unpaired) electrons. The molecule has 2 aliphatic heterocycles. The minimum atomic E-state index is 0.551. The molecule has 24 heavy (non-hydrogen) atoms. The number of hydrogen-bond donors (Lipinski definition) is 1. The first-order valence-electron chi connectivity index (χ1n) is 9.32. The van der Waals surface area contributed by atoms with E-state index >= 15 is 0 Å². The average molecular weight is 332 g/mol. The molecule has 0 saturated carbocycles. The van der Waals surface area contributed by atoms with E-state index in [2.05, 4.69) is 36.2 Å². The standard InChI is InChI=1S/C20H32N2O2/c1-14(2)11-21-12-15-5-6-18-17-10-20(24-4)19(23-3)9-16(17)7-8-22(18)13-15/h9-10,14-15,18,21H,5-8,11-13H2,1-4H3. The van der Waals surface area contributed by atoms with Crippen LogP contribution >= 0.6 is 0 Å². The molecule has 1 saturated heterocycles. The molecule has 0 bridgehead atoms. The van der Waals surface area contributed by atoms with Crippen molar-refractivity contribution in [3.05, 3.63) is 23.3 Å². The molecule has 3 rings (SSSR count). The zero-order valence-corrected chi connectivity index (χ0v) is 15.6. The molecular formula is C20H32N2O2. The van der Waals surface area contributed by atoms with Crippen LogP contribution in [0.25, 0.3) is 0 Å². The van der Waals surface area contributed by atoms with Crippen LogP contribution in [0.5, 0.6) is 11.5 Å². The van der Waals surface area contributed by atoms with E-state index in [4.69, 9.17) is 9.47 Å². The summed E-state index contributed by atoms with van der Waals surface area (Å²) < 4.78 is 11.0. The van der Waals surface area contributed by atoms with Crippen molar-refractivity contribution in [1.29, 1.82) is 0 Å². The summed E-state index contributed by atoms with van der Waals surface area (Å²) in [6, 6.07) is 4.94. The first kappa shape index (κ1) is 17.6. The van der Waals surface area contributed by atoms with Crippen molar-refractivity contribution in [2.45, 2.75) is 39.2 Å². The van der Waals surface area contributed by atoms with E-state index in [9.17, 15) is 0 Å². The fourth-order valence-electron chi connectivity index (χ4n) is 4.20. The van der Waals surface area contributed by atoms with Gasteiger partial charge in [-0.05, 0) is 67.4 Å². The maximum Gasteiger partial charge on any atom is 0.161 e. The van der Waals surface area contributed by atoms with Crippen molar-refractivity contribution in [2.75, 3.05) is 40.4 Å². The number of hydrogen-bond acceptors (Lipinski definition) is 4. The molecule has 1 aromatic carbocycles. The molecule has 0 aromatic heterocycles. The first-order chi connectivity index (χ1) is 11.6. The number of fused-ring (bicyclic) bond motifs is 3. The van der Waals surface area contributed by atoms with Crippen LogP contribution in [-0.4, -0.2) is 45.3 Å². The Kier molecular flexibility index (Phi) is 5.67. The smallest absolute Gasteiger partial charge is 0.161 e. The molecule has 1 N–H and O–H groups in total. The van der Waals surface area contributed by atoms with Gasteiger partial charge >= 0.3 is 0 Å². The first-order valence-corrected chi connectivity index (χ1v) is 9.32. The van der Waals surface area contributed by atoms with Crippen molar-refractivity contribution >= 4 is 0 Å². The van der Waals surface area contributed by atoms with Gasteiger partial charge in [0.15, 0.2) is 11.5 Å². The van der Waals surface area contributed by atoms with Crippen LogP contribution in [0.15, 0.2) is 12.1 Å². The van der Waals surface area contributed by atoms with E-state index in [-0.39, 0.29) is 0 Å². The molecule has 4 nitrogen and oxygen atoms in total. The Morgan fingerprint density at radius 3 is 2.62 bits per heavy atom. The van der Waals surface area contributed by atoms with Crippen molar-refractivity contribution in [3.8, 4) is 11.5 Å². The minimum Gasteiger partial charge on any atom is -0.493 e. The van der Waals surface area contributed by atoms with Gasteiger partial charge in [0.2, 0.25) is 0 Å². The van der Waals surface area contributed by atoms with Gasteiger partial charge in [-0.3, -0.25) is 4.90 Å². The van der Waals surface area contributed by atoms with Crippen LogP contribution < -0.4 is 14.8 Å². The van der Waals surface area contributed by atoms with Gasteiger partial charge < -0.3 is 14.8 Å². The second-order valence-electron chi connectivity index (χ2n) is 7.66. The van der Waals surface area contributed by atoms with Gasteiger partial charge in [-0.2, -0.15) is 0 Å². The van der Waals surface area contributed by atoms with Crippen LogP contribution in [0, 0.1) is 11.8 Å². The number of nitrogens with one attached hydrogen (secondary N) is 1. The minimum absolute atomic E-state index is 0.551. The maximum atomic E-state index is 5.53. The number of benzene rings is 1. The number of piperidine rings is 1. The molecular weight excluding hydrogens is 300 g/mol. The summed E-state index contributed by atoms with van der Waals surface area (Å²) in [6.45, 7) is 9.19. The molecule has 1 fully saturated rings. The second-order valence-corrected chi connectivity index (χ2v) is 7.66. The maximum absolute atomic E-state index is 5.53. The van der Waals surface area contributed by atoms with Crippen molar-refractivity contribution in [1.82, 2.24) is 10.2 Å². The monoisotopic (exact) mass is 332 g/mol. The van der Waals surface area contributed by atoms with E-state index in [0.717, 1.165) is 49.4 Å². The molecule has 0 aliphatic carbocycles. The van der Waals surface area contributed by atoms with E-state index in [1.807, 2.05) is 0 Å².